The predicted octanol–water partition coefficient (Wildman–Crippen LogP) is 6.15. The van der Waals surface area contributed by atoms with Crippen molar-refractivity contribution >= 4 is 0 Å². The van der Waals surface area contributed by atoms with Crippen LogP contribution in [0.25, 0.3) is 0 Å². The topological polar surface area (TPSA) is 3.24 Å². The number of nitrogens with zero attached hydrogens (tertiary/aromatic N) is 1. The van der Waals surface area contributed by atoms with E-state index in [0.29, 0.717) is 18.0 Å². The van der Waals surface area contributed by atoms with Crippen molar-refractivity contribution in [3.05, 3.63) is 12.2 Å². The Bertz CT molecular complexity index is 311. The van der Waals surface area contributed by atoms with Gasteiger partial charge in [-0.05, 0) is 63.8 Å². The highest BCUT2D eigenvalue weighted by molar-refractivity contribution is 5.14. The van der Waals surface area contributed by atoms with Gasteiger partial charge in [0.15, 0.2) is 0 Å². The normalized spacial score (nSPS) is 16.1. The van der Waals surface area contributed by atoms with Crippen LogP contribution in [0, 0.1) is 16.7 Å². The van der Waals surface area contributed by atoms with Gasteiger partial charge in [-0.15, -0.1) is 0 Å². The van der Waals surface area contributed by atoms with E-state index < -0.39 is 0 Å². The molecule has 0 aromatic heterocycles. The Morgan fingerprint density at radius 3 is 1.62 bits per heavy atom. The summed E-state index contributed by atoms with van der Waals surface area (Å²) in [6, 6.07) is 1.25. The summed E-state index contributed by atoms with van der Waals surface area (Å²) in [4.78, 5) is 2.58. The van der Waals surface area contributed by atoms with Crippen LogP contribution in [-0.4, -0.2) is 23.5 Å². The molecule has 1 nitrogen and oxygen atoms in total. The molecular weight excluding hydrogens is 254 g/mol. The molecule has 0 saturated heterocycles. The molecule has 0 aromatic rings. The minimum Gasteiger partial charge on any atom is -0.299 e. The molecule has 0 spiro atoms. The van der Waals surface area contributed by atoms with Crippen molar-refractivity contribution in [3.63, 3.8) is 0 Å². The van der Waals surface area contributed by atoms with Gasteiger partial charge in [-0.1, -0.05) is 53.7 Å². The second-order valence-corrected chi connectivity index (χ2v) is 8.74. The molecule has 1 atom stereocenters. The lowest BCUT2D eigenvalue weighted by Gasteiger charge is -2.47. The average molecular weight is 296 g/mol. The molecule has 0 aliphatic heterocycles. The number of hydrogen-bond donors (Lipinski definition) is 0. The van der Waals surface area contributed by atoms with Gasteiger partial charge in [-0.25, -0.2) is 0 Å². The monoisotopic (exact) mass is 295 g/mol. The smallest absolute Gasteiger partial charge is 0.00412 e. The molecule has 0 aliphatic rings. The number of hydrogen-bond acceptors (Lipinski definition) is 1. The fraction of sp³-hybridized carbons (Fsp3) is 0.900. The van der Waals surface area contributed by atoms with E-state index in [0.717, 1.165) is 6.42 Å². The van der Waals surface area contributed by atoms with Crippen LogP contribution >= 0.6 is 0 Å². The van der Waals surface area contributed by atoms with E-state index in [2.05, 4.69) is 80.7 Å². The van der Waals surface area contributed by atoms with Gasteiger partial charge in [0, 0.05) is 12.1 Å². The van der Waals surface area contributed by atoms with Crippen LogP contribution in [0.1, 0.15) is 82.1 Å². The second-order valence-electron chi connectivity index (χ2n) is 8.74. The van der Waals surface area contributed by atoms with Crippen LogP contribution in [0.3, 0.4) is 0 Å². The number of rotatable bonds is 8. The van der Waals surface area contributed by atoms with Crippen LogP contribution in [0.4, 0.5) is 0 Å². The summed E-state index contributed by atoms with van der Waals surface area (Å²) in [6.07, 6.45) is 2.36. The lowest BCUT2D eigenvalue weighted by Crippen LogP contribution is -2.40. The van der Waals surface area contributed by atoms with Gasteiger partial charge in [0.25, 0.3) is 0 Å². The molecule has 0 radical (unpaired) electrons. The Kier molecular flexibility index (Phi) is 7.70. The molecule has 0 saturated carbocycles. The molecule has 0 aromatic carbocycles. The average Bonchev–Trinajstić information content (AvgIpc) is 2.30. The molecule has 0 amide bonds. The van der Waals surface area contributed by atoms with Crippen molar-refractivity contribution in [2.45, 2.75) is 94.2 Å². The van der Waals surface area contributed by atoms with E-state index in [-0.39, 0.29) is 10.8 Å². The van der Waals surface area contributed by atoms with E-state index in [1.807, 2.05) is 0 Å². The van der Waals surface area contributed by atoms with Gasteiger partial charge in [0.05, 0.1) is 0 Å². The summed E-state index contributed by atoms with van der Waals surface area (Å²) in [6.45, 7) is 29.0. The summed E-state index contributed by atoms with van der Waals surface area (Å²) < 4.78 is 0. The minimum atomic E-state index is 0.202. The van der Waals surface area contributed by atoms with Gasteiger partial charge in [0.2, 0.25) is 0 Å². The van der Waals surface area contributed by atoms with Crippen LogP contribution < -0.4 is 0 Å². The molecule has 0 heterocycles. The quantitative estimate of drug-likeness (QED) is 0.485. The third kappa shape index (κ3) is 5.13. The molecule has 0 aliphatic carbocycles. The Labute approximate surface area is 135 Å². The maximum Gasteiger partial charge on any atom is 0.00412 e. The standard InChI is InChI=1S/C20H41N/c1-15(2)20(11,19(8,9)10)18(7)13-12-14-21(16(3)4)17(5)6/h15-17H,7,12-14H2,1-6,8-11H3. The first kappa shape index (κ1) is 20.7. The highest BCUT2D eigenvalue weighted by Crippen LogP contribution is 2.50. The second kappa shape index (κ2) is 7.81. The van der Waals surface area contributed by atoms with Gasteiger partial charge < -0.3 is 0 Å². The van der Waals surface area contributed by atoms with Gasteiger partial charge >= 0.3 is 0 Å². The van der Waals surface area contributed by atoms with Gasteiger partial charge in [-0.2, -0.15) is 0 Å². The highest BCUT2D eigenvalue weighted by Gasteiger charge is 2.41. The summed E-state index contributed by atoms with van der Waals surface area (Å²) in [7, 11) is 0. The zero-order valence-electron chi connectivity index (χ0n) is 16.5. The highest BCUT2D eigenvalue weighted by atomic mass is 15.2. The van der Waals surface area contributed by atoms with Gasteiger partial charge in [0.1, 0.15) is 0 Å². The van der Waals surface area contributed by atoms with Crippen molar-refractivity contribution in [1.82, 2.24) is 4.90 Å². The molecule has 21 heavy (non-hydrogen) atoms. The maximum absolute atomic E-state index is 4.48. The number of allylic oxidation sites excluding steroid dienone is 1. The van der Waals surface area contributed by atoms with E-state index in [9.17, 15) is 0 Å². The van der Waals surface area contributed by atoms with Crippen LogP contribution in [-0.2, 0) is 0 Å². The first-order valence-electron chi connectivity index (χ1n) is 8.79. The SMILES string of the molecule is C=C(CCCN(C(C)C)C(C)C)C(C)(C(C)C)C(C)(C)C. The summed E-state index contributed by atoms with van der Waals surface area (Å²) in [5.41, 5.74) is 1.89. The van der Waals surface area contributed by atoms with Crippen molar-refractivity contribution in [2.75, 3.05) is 6.54 Å². The van der Waals surface area contributed by atoms with Gasteiger partial charge in [-0.3, -0.25) is 4.90 Å². The van der Waals surface area contributed by atoms with E-state index in [1.54, 1.807) is 0 Å². The minimum absolute atomic E-state index is 0.202. The van der Waals surface area contributed by atoms with E-state index in [1.165, 1.54) is 18.5 Å². The largest absolute Gasteiger partial charge is 0.299 e. The zero-order chi connectivity index (χ0) is 17.0. The summed E-state index contributed by atoms with van der Waals surface area (Å²) in [5, 5.41) is 0. The Hall–Kier alpha value is -0.300. The fourth-order valence-electron chi connectivity index (χ4n) is 3.65. The zero-order valence-corrected chi connectivity index (χ0v) is 16.5. The molecule has 1 unspecified atom stereocenters. The first-order chi connectivity index (χ1) is 9.35. The molecule has 0 rings (SSSR count). The van der Waals surface area contributed by atoms with Crippen molar-refractivity contribution < 1.29 is 0 Å². The molecule has 1 heteroatoms. The van der Waals surface area contributed by atoms with Crippen LogP contribution in [0.15, 0.2) is 12.2 Å². The van der Waals surface area contributed by atoms with E-state index in [4.69, 9.17) is 0 Å². The summed E-state index contributed by atoms with van der Waals surface area (Å²) >= 11 is 0. The Balaban J connectivity index is 4.75. The molecule has 0 fully saturated rings. The lowest BCUT2D eigenvalue weighted by atomic mass is 9.57. The molecule has 0 bridgehead atoms. The summed E-state index contributed by atoms with van der Waals surface area (Å²) in [5.74, 6) is 0.622. The Morgan fingerprint density at radius 2 is 1.33 bits per heavy atom. The first-order valence-corrected chi connectivity index (χ1v) is 8.79. The van der Waals surface area contributed by atoms with Crippen LogP contribution in [0.5, 0.6) is 0 Å². The van der Waals surface area contributed by atoms with Crippen molar-refractivity contribution in [3.8, 4) is 0 Å². The maximum atomic E-state index is 4.48. The Morgan fingerprint density at radius 1 is 0.905 bits per heavy atom. The van der Waals surface area contributed by atoms with Crippen molar-refractivity contribution in [1.29, 1.82) is 0 Å². The van der Waals surface area contributed by atoms with E-state index >= 15 is 0 Å². The third-order valence-corrected chi connectivity index (χ3v) is 5.67. The lowest BCUT2D eigenvalue weighted by molar-refractivity contribution is 0.0882. The molecular formula is C20H41N. The van der Waals surface area contributed by atoms with Crippen molar-refractivity contribution in [2.24, 2.45) is 16.7 Å². The van der Waals surface area contributed by atoms with Crippen LogP contribution in [0.2, 0.25) is 0 Å². The molecule has 0 N–H and O–H groups in total. The third-order valence-electron chi connectivity index (χ3n) is 5.67. The fourth-order valence-corrected chi connectivity index (χ4v) is 3.65. The molecule has 126 valence electrons. The predicted molar refractivity (Wildman–Crippen MR) is 97.8 cm³/mol.